The molecule has 0 unspecified atom stereocenters. The average molecular weight is 270 g/mol. The maximum Gasteiger partial charge on any atom is 0.329 e. The lowest BCUT2D eigenvalue weighted by atomic mass is 10.1. The first-order chi connectivity index (χ1) is 8.67. The summed E-state index contributed by atoms with van der Waals surface area (Å²) in [5.74, 6) is -0.0948. The van der Waals surface area contributed by atoms with Crippen LogP contribution < -0.4 is 4.74 Å². The summed E-state index contributed by atoms with van der Waals surface area (Å²) in [6.45, 7) is 0.411. The van der Waals surface area contributed by atoms with Crippen LogP contribution in [0.2, 0.25) is 0 Å². The molecule has 1 rings (SSSR count). The molecule has 0 aliphatic heterocycles. The van der Waals surface area contributed by atoms with E-state index in [1.54, 1.807) is 24.3 Å². The van der Waals surface area contributed by atoms with Crippen molar-refractivity contribution in [1.29, 1.82) is 0 Å². The Kier molecular flexibility index (Phi) is 5.91. The predicted molar refractivity (Wildman–Crippen MR) is 65.9 cm³/mol. The number of rotatable bonds is 7. The Bertz CT molecular complexity index is 438. The zero-order valence-corrected chi connectivity index (χ0v) is 10.3. The third-order valence-corrected chi connectivity index (χ3v) is 2.35. The van der Waals surface area contributed by atoms with Crippen molar-refractivity contribution in [2.75, 3.05) is 12.5 Å². The van der Waals surface area contributed by atoms with Crippen LogP contribution in [0.15, 0.2) is 29.3 Å². The third kappa shape index (κ3) is 4.57. The van der Waals surface area contributed by atoms with Gasteiger partial charge in [0.15, 0.2) is 6.04 Å². The van der Waals surface area contributed by atoms with Crippen molar-refractivity contribution in [3.8, 4) is 5.75 Å². The second-order valence-corrected chi connectivity index (χ2v) is 3.84. The number of aliphatic carboxylic acids is 1. The van der Waals surface area contributed by atoms with E-state index in [0.717, 1.165) is 5.56 Å². The number of carbonyl (C=O) groups excluding carboxylic acids is 1. The number of carbonyl (C=O) groups is 1. The van der Waals surface area contributed by atoms with E-state index in [0.29, 0.717) is 18.2 Å². The van der Waals surface area contributed by atoms with Crippen LogP contribution in [-0.2, 0) is 16.0 Å². The zero-order chi connectivity index (χ0) is 13.4. The molecule has 6 heteroatoms. The van der Waals surface area contributed by atoms with Gasteiger partial charge in [-0.2, -0.15) is 4.99 Å². The normalized spacial score (nSPS) is 11.4. The molecule has 1 aromatic carbocycles. The number of ether oxygens (including phenoxy) is 1. The van der Waals surface area contributed by atoms with Crippen molar-refractivity contribution in [3.05, 3.63) is 29.8 Å². The maximum absolute atomic E-state index is 10.8. The second-order valence-electron chi connectivity index (χ2n) is 3.46. The molecule has 0 amide bonds. The SMILES string of the molecule is O=C=N[C@@H](Cc1ccc(OCCCl)cc1)C(=O)O. The maximum atomic E-state index is 10.8. The topological polar surface area (TPSA) is 76.0 Å². The standard InChI is InChI=1S/C12H12ClNO4/c13-5-6-18-10-3-1-9(2-4-10)7-11(12(16)17)14-8-15/h1-4,11H,5-7H2,(H,16,17)/t11-/m0/s1. The van der Waals surface area contributed by atoms with E-state index in [-0.39, 0.29) is 6.42 Å². The number of isocyanates is 1. The quantitative estimate of drug-likeness (QED) is 0.464. The van der Waals surface area contributed by atoms with Crippen molar-refractivity contribution in [1.82, 2.24) is 0 Å². The van der Waals surface area contributed by atoms with Crippen LogP contribution in [0, 0.1) is 0 Å². The van der Waals surface area contributed by atoms with Gasteiger partial charge in [0.1, 0.15) is 12.4 Å². The molecule has 0 aliphatic rings. The predicted octanol–water partition coefficient (Wildman–Crippen LogP) is 1.64. The number of nitrogens with zero attached hydrogens (tertiary/aromatic N) is 1. The van der Waals surface area contributed by atoms with Gasteiger partial charge in [-0.1, -0.05) is 12.1 Å². The van der Waals surface area contributed by atoms with Crippen molar-refractivity contribution >= 4 is 23.7 Å². The summed E-state index contributed by atoms with van der Waals surface area (Å²) in [4.78, 5) is 24.1. The lowest BCUT2D eigenvalue weighted by molar-refractivity contribution is -0.138. The summed E-state index contributed by atoms with van der Waals surface area (Å²) in [5.41, 5.74) is 0.750. The molecule has 0 aliphatic carbocycles. The molecule has 0 aromatic heterocycles. The fourth-order valence-corrected chi connectivity index (χ4v) is 1.43. The van der Waals surface area contributed by atoms with Gasteiger partial charge in [0, 0.05) is 6.42 Å². The molecule has 18 heavy (non-hydrogen) atoms. The second kappa shape index (κ2) is 7.48. The van der Waals surface area contributed by atoms with Crippen molar-refractivity contribution in [3.63, 3.8) is 0 Å². The Balaban J connectivity index is 2.67. The fraction of sp³-hybridized carbons (Fsp3) is 0.333. The van der Waals surface area contributed by atoms with E-state index in [1.807, 2.05) is 0 Å². The average Bonchev–Trinajstić information content (AvgIpc) is 2.37. The highest BCUT2D eigenvalue weighted by molar-refractivity contribution is 6.18. The van der Waals surface area contributed by atoms with Crippen molar-refractivity contribution < 1.29 is 19.4 Å². The van der Waals surface area contributed by atoms with Crippen LogP contribution in [0.25, 0.3) is 0 Å². The minimum absolute atomic E-state index is 0.139. The Morgan fingerprint density at radius 1 is 1.44 bits per heavy atom. The van der Waals surface area contributed by atoms with E-state index in [1.165, 1.54) is 6.08 Å². The largest absolute Gasteiger partial charge is 0.492 e. The highest BCUT2D eigenvalue weighted by atomic mass is 35.5. The first-order valence-electron chi connectivity index (χ1n) is 5.25. The fourth-order valence-electron chi connectivity index (χ4n) is 1.35. The van der Waals surface area contributed by atoms with E-state index in [4.69, 9.17) is 21.4 Å². The van der Waals surface area contributed by atoms with Crippen LogP contribution in [0.4, 0.5) is 0 Å². The number of hydrogen-bond acceptors (Lipinski definition) is 4. The minimum atomic E-state index is -1.15. The van der Waals surface area contributed by atoms with Crippen LogP contribution in [0.1, 0.15) is 5.56 Å². The van der Waals surface area contributed by atoms with E-state index in [9.17, 15) is 9.59 Å². The van der Waals surface area contributed by atoms with Gasteiger partial charge in [-0.25, -0.2) is 9.59 Å². The summed E-state index contributed by atoms with van der Waals surface area (Å²) < 4.78 is 5.28. The van der Waals surface area contributed by atoms with Crippen molar-refractivity contribution in [2.24, 2.45) is 4.99 Å². The number of alkyl halides is 1. The molecule has 0 radical (unpaired) electrons. The van der Waals surface area contributed by atoms with Crippen LogP contribution in [0.3, 0.4) is 0 Å². The Hall–Kier alpha value is -1.84. The molecule has 5 nitrogen and oxygen atoms in total. The Labute approximate surface area is 109 Å². The Morgan fingerprint density at radius 2 is 2.11 bits per heavy atom. The first kappa shape index (κ1) is 14.2. The number of aliphatic imine (C=N–C) groups is 1. The summed E-state index contributed by atoms with van der Waals surface area (Å²) >= 11 is 5.48. The molecule has 0 saturated carbocycles. The molecular weight excluding hydrogens is 258 g/mol. The van der Waals surface area contributed by atoms with Gasteiger partial charge in [0.05, 0.1) is 5.88 Å². The summed E-state index contributed by atoms with van der Waals surface area (Å²) in [5, 5.41) is 8.82. The molecule has 1 N–H and O–H groups in total. The lowest BCUT2D eigenvalue weighted by Crippen LogP contribution is -2.20. The number of benzene rings is 1. The first-order valence-corrected chi connectivity index (χ1v) is 5.78. The number of hydrogen-bond donors (Lipinski definition) is 1. The van der Waals surface area contributed by atoms with Crippen LogP contribution >= 0.6 is 11.6 Å². The molecule has 0 saturated heterocycles. The molecule has 0 fully saturated rings. The summed E-state index contributed by atoms with van der Waals surface area (Å²) in [7, 11) is 0. The summed E-state index contributed by atoms with van der Waals surface area (Å²) in [6.07, 6.45) is 1.40. The molecule has 0 heterocycles. The molecule has 0 bridgehead atoms. The van der Waals surface area contributed by atoms with Crippen molar-refractivity contribution in [2.45, 2.75) is 12.5 Å². The molecule has 0 spiro atoms. The van der Waals surface area contributed by atoms with Gasteiger partial charge in [0.25, 0.3) is 0 Å². The zero-order valence-electron chi connectivity index (χ0n) is 9.51. The lowest BCUT2D eigenvalue weighted by Gasteiger charge is -2.07. The number of halogens is 1. The molecule has 96 valence electrons. The summed E-state index contributed by atoms with van der Waals surface area (Å²) in [6, 6.07) is 5.77. The van der Waals surface area contributed by atoms with Gasteiger partial charge < -0.3 is 9.84 Å². The smallest absolute Gasteiger partial charge is 0.329 e. The third-order valence-electron chi connectivity index (χ3n) is 2.19. The highest BCUT2D eigenvalue weighted by Gasteiger charge is 2.16. The van der Waals surface area contributed by atoms with Gasteiger partial charge >= 0.3 is 5.97 Å². The molecule has 1 aromatic rings. The van der Waals surface area contributed by atoms with Gasteiger partial charge in [-0.15, -0.1) is 11.6 Å². The molecule has 1 atom stereocenters. The monoisotopic (exact) mass is 269 g/mol. The van der Waals surface area contributed by atoms with Gasteiger partial charge in [-0.3, -0.25) is 0 Å². The van der Waals surface area contributed by atoms with E-state index < -0.39 is 12.0 Å². The highest BCUT2D eigenvalue weighted by Crippen LogP contribution is 2.14. The number of carboxylic acids is 1. The van der Waals surface area contributed by atoms with E-state index >= 15 is 0 Å². The Morgan fingerprint density at radius 3 is 2.61 bits per heavy atom. The number of carboxylic acid groups (broad SMARTS) is 1. The van der Waals surface area contributed by atoms with Crippen LogP contribution in [0.5, 0.6) is 5.75 Å². The van der Waals surface area contributed by atoms with Crippen LogP contribution in [-0.4, -0.2) is 35.7 Å². The van der Waals surface area contributed by atoms with E-state index in [2.05, 4.69) is 4.99 Å². The molecular formula is C12H12ClNO4. The minimum Gasteiger partial charge on any atom is -0.492 e. The van der Waals surface area contributed by atoms with Gasteiger partial charge in [0.2, 0.25) is 6.08 Å². The van der Waals surface area contributed by atoms with Gasteiger partial charge in [-0.05, 0) is 17.7 Å².